The maximum Gasteiger partial charge on any atom is 0.220 e. The van der Waals surface area contributed by atoms with Gasteiger partial charge in [0.25, 0.3) is 0 Å². The molecule has 3 heterocycles. The Bertz CT molecular complexity index is 1880. The molecule has 0 aliphatic carbocycles. The summed E-state index contributed by atoms with van der Waals surface area (Å²) >= 11 is 0. The van der Waals surface area contributed by atoms with Crippen LogP contribution in [0.5, 0.6) is 0 Å². The zero-order valence-electron chi connectivity index (χ0n) is 51.3. The van der Waals surface area contributed by atoms with E-state index in [1.165, 1.54) is 83.5 Å². The molecular weight excluding hydrogens is 1090 g/mol. The van der Waals surface area contributed by atoms with Crippen molar-refractivity contribution >= 4 is 5.91 Å². The second-order valence-electron chi connectivity index (χ2n) is 22.8. The Morgan fingerprint density at radius 1 is 0.435 bits per heavy atom. The van der Waals surface area contributed by atoms with E-state index in [9.17, 15) is 61.0 Å². The molecular formula is C66H113NO18. The van der Waals surface area contributed by atoms with Crippen LogP contribution in [0.1, 0.15) is 194 Å². The van der Waals surface area contributed by atoms with E-state index in [1.54, 1.807) is 6.08 Å². The minimum Gasteiger partial charge on any atom is -0.394 e. The molecule has 0 aromatic heterocycles. The van der Waals surface area contributed by atoms with E-state index in [0.29, 0.717) is 6.42 Å². The Hall–Kier alpha value is -3.03. The Morgan fingerprint density at radius 2 is 0.812 bits per heavy atom. The first-order valence-electron chi connectivity index (χ1n) is 32.3. The summed E-state index contributed by atoms with van der Waals surface area (Å²) in [5, 5.41) is 120. The first-order chi connectivity index (χ1) is 41.3. The molecule has 0 radical (unpaired) electrons. The zero-order chi connectivity index (χ0) is 61.9. The van der Waals surface area contributed by atoms with Gasteiger partial charge in [-0.15, -0.1) is 0 Å². The number of amides is 1. The van der Waals surface area contributed by atoms with Crippen molar-refractivity contribution in [3.8, 4) is 0 Å². The normalized spacial score (nSPS) is 29.5. The number of rotatable bonds is 47. The molecule has 19 heteroatoms. The lowest BCUT2D eigenvalue weighted by atomic mass is 9.96. The fourth-order valence-corrected chi connectivity index (χ4v) is 10.4. The van der Waals surface area contributed by atoms with Gasteiger partial charge in [0, 0.05) is 6.42 Å². The minimum absolute atomic E-state index is 0.238. The van der Waals surface area contributed by atoms with Crippen molar-refractivity contribution in [1.82, 2.24) is 5.32 Å². The zero-order valence-corrected chi connectivity index (χ0v) is 51.3. The van der Waals surface area contributed by atoms with E-state index in [0.717, 1.165) is 83.5 Å². The second-order valence-corrected chi connectivity index (χ2v) is 22.8. The highest BCUT2D eigenvalue weighted by Gasteiger charge is 2.53. The van der Waals surface area contributed by atoms with Crippen molar-refractivity contribution in [2.45, 2.75) is 298 Å². The quantitative estimate of drug-likeness (QED) is 0.0213. The number of aliphatic hydroxyl groups excluding tert-OH is 11. The summed E-state index contributed by atoms with van der Waals surface area (Å²) < 4.78 is 34.1. The molecule has 0 spiro atoms. The lowest BCUT2D eigenvalue weighted by Crippen LogP contribution is -2.66. The number of carbonyl (C=O) groups is 1. The molecule has 3 aliphatic heterocycles. The van der Waals surface area contributed by atoms with Gasteiger partial charge in [0.1, 0.15) is 73.2 Å². The predicted octanol–water partition coefficient (Wildman–Crippen LogP) is 7.15. The highest BCUT2D eigenvalue weighted by Crippen LogP contribution is 2.33. The molecule has 1 amide bonds. The fourth-order valence-electron chi connectivity index (χ4n) is 10.4. The van der Waals surface area contributed by atoms with Crippen LogP contribution in [-0.2, 0) is 33.2 Å². The number of aliphatic hydroxyl groups is 11. The van der Waals surface area contributed by atoms with Crippen LogP contribution in [0.3, 0.4) is 0 Å². The van der Waals surface area contributed by atoms with Crippen molar-refractivity contribution in [2.24, 2.45) is 0 Å². The molecule has 3 fully saturated rings. The topological polar surface area (TPSA) is 307 Å². The van der Waals surface area contributed by atoms with Crippen molar-refractivity contribution in [3.63, 3.8) is 0 Å². The molecule has 490 valence electrons. The van der Waals surface area contributed by atoms with Crippen molar-refractivity contribution in [3.05, 3.63) is 85.1 Å². The molecule has 17 unspecified atom stereocenters. The predicted molar refractivity (Wildman–Crippen MR) is 328 cm³/mol. The molecule has 3 saturated heterocycles. The van der Waals surface area contributed by atoms with Crippen LogP contribution < -0.4 is 5.32 Å². The van der Waals surface area contributed by atoms with Crippen LogP contribution >= 0.6 is 0 Å². The maximum absolute atomic E-state index is 13.2. The van der Waals surface area contributed by atoms with Gasteiger partial charge in [-0.3, -0.25) is 4.79 Å². The number of unbranched alkanes of at least 4 members (excludes halogenated alkanes) is 19. The summed E-state index contributed by atoms with van der Waals surface area (Å²) in [6.45, 7) is 1.46. The molecule has 12 N–H and O–H groups in total. The average molecular weight is 1210 g/mol. The van der Waals surface area contributed by atoms with E-state index >= 15 is 0 Å². The van der Waals surface area contributed by atoms with Crippen LogP contribution in [-0.4, -0.2) is 193 Å². The lowest BCUT2D eigenvalue weighted by molar-refractivity contribution is -0.379. The monoisotopic (exact) mass is 1210 g/mol. The van der Waals surface area contributed by atoms with E-state index in [1.807, 2.05) is 6.08 Å². The van der Waals surface area contributed by atoms with Gasteiger partial charge in [-0.25, -0.2) is 0 Å². The minimum atomic E-state index is -1.98. The number of hydrogen-bond donors (Lipinski definition) is 12. The highest BCUT2D eigenvalue weighted by atomic mass is 16.8. The molecule has 17 atom stereocenters. The fraction of sp³-hybridized carbons (Fsp3) is 0.773. The van der Waals surface area contributed by atoms with Crippen molar-refractivity contribution in [2.75, 3.05) is 26.4 Å². The van der Waals surface area contributed by atoms with Crippen LogP contribution in [0.15, 0.2) is 85.1 Å². The molecule has 0 saturated carbocycles. The lowest BCUT2D eigenvalue weighted by Gasteiger charge is -2.48. The number of ether oxygens (including phenoxy) is 6. The molecule has 19 nitrogen and oxygen atoms in total. The average Bonchev–Trinajstić information content (AvgIpc) is 2.21. The van der Waals surface area contributed by atoms with Crippen molar-refractivity contribution < 1.29 is 89.4 Å². The van der Waals surface area contributed by atoms with Gasteiger partial charge in [-0.1, -0.05) is 202 Å². The van der Waals surface area contributed by atoms with Crippen LogP contribution in [0, 0.1) is 0 Å². The van der Waals surface area contributed by atoms with Crippen LogP contribution in [0.2, 0.25) is 0 Å². The molecule has 0 aromatic carbocycles. The van der Waals surface area contributed by atoms with E-state index in [-0.39, 0.29) is 18.9 Å². The van der Waals surface area contributed by atoms with Gasteiger partial charge in [0.05, 0.1) is 38.6 Å². The van der Waals surface area contributed by atoms with E-state index < -0.39 is 124 Å². The molecule has 0 bridgehead atoms. The standard InChI is InChI=1S/C66H113NO18/c1-3-5-7-9-10-11-12-13-14-15-16-17-18-19-20-21-22-23-24-25-26-27-28-29-30-31-32-33-34-35-36-37-38-40-42-44-54(72)67-49(50(71)43-41-39-8-6-4-2)48-80-64-60(78)57(75)62(52(46-69)82-64)85-66-61(79)58(76)63(53(47-70)83-66)84-65-59(77)56(74)55(73)51(45-68)81-65/h5,7,10-11,13-14,16-17,19-20,22-23,41,43,49-53,55-66,68-71,73-79H,3-4,6,8-9,12,15,18,21,24-40,42,44-48H2,1-2H3,(H,67,72)/b7-5-,11-10-,14-13-,17-16-,20-19-,23-22-,43-41+. The molecule has 3 aliphatic rings. The third-order valence-electron chi connectivity index (χ3n) is 15.7. The van der Waals surface area contributed by atoms with Gasteiger partial charge >= 0.3 is 0 Å². The maximum atomic E-state index is 13.2. The SMILES string of the molecule is CC/C=C\C/C=C\C/C=C\C/C=C\C/C=C\C/C=C\CCCCCCCCCCCCCCCCCCC(=O)NC(COC1OC(CO)C(OC2OC(CO)C(OC3OC(CO)C(O)C(O)C3O)C(O)C2O)C(O)C1O)C(O)/C=C/CCCCC. The van der Waals surface area contributed by atoms with Gasteiger partial charge < -0.3 is 89.9 Å². The summed E-state index contributed by atoms with van der Waals surface area (Å²) in [7, 11) is 0. The first kappa shape index (κ1) is 76.2. The largest absolute Gasteiger partial charge is 0.394 e. The summed E-state index contributed by atoms with van der Waals surface area (Å²) in [5.41, 5.74) is 0. The first-order valence-corrected chi connectivity index (χ1v) is 32.3. The molecule has 3 rings (SSSR count). The van der Waals surface area contributed by atoms with Crippen LogP contribution in [0.4, 0.5) is 0 Å². The molecule has 85 heavy (non-hydrogen) atoms. The summed E-state index contributed by atoms with van der Waals surface area (Å²) in [6.07, 6.45) is 33.8. The van der Waals surface area contributed by atoms with Crippen LogP contribution in [0.25, 0.3) is 0 Å². The summed E-state index contributed by atoms with van der Waals surface area (Å²) in [6, 6.07) is -0.972. The van der Waals surface area contributed by atoms with Gasteiger partial charge in [0.15, 0.2) is 18.9 Å². The number of nitrogens with one attached hydrogen (secondary N) is 1. The third-order valence-corrected chi connectivity index (χ3v) is 15.7. The summed E-state index contributed by atoms with van der Waals surface area (Å²) in [5.74, 6) is -0.286. The number of carbonyl (C=O) groups excluding carboxylic acids is 1. The molecule has 0 aromatic rings. The van der Waals surface area contributed by atoms with E-state index in [4.69, 9.17) is 28.4 Å². The van der Waals surface area contributed by atoms with E-state index in [2.05, 4.69) is 92.1 Å². The van der Waals surface area contributed by atoms with Gasteiger partial charge in [-0.05, 0) is 70.6 Å². The highest BCUT2D eigenvalue weighted by molar-refractivity contribution is 5.76. The Kier molecular flexibility index (Phi) is 43.0. The Labute approximate surface area is 508 Å². The van der Waals surface area contributed by atoms with Crippen molar-refractivity contribution in [1.29, 1.82) is 0 Å². The van der Waals surface area contributed by atoms with Gasteiger partial charge in [-0.2, -0.15) is 0 Å². The Morgan fingerprint density at radius 3 is 1.27 bits per heavy atom. The summed E-state index contributed by atoms with van der Waals surface area (Å²) in [4.78, 5) is 13.2. The smallest absolute Gasteiger partial charge is 0.220 e. The third kappa shape index (κ3) is 30.8. The van der Waals surface area contributed by atoms with Gasteiger partial charge in [0.2, 0.25) is 5.91 Å². The second kappa shape index (κ2) is 47.9. The number of hydrogen-bond acceptors (Lipinski definition) is 18. The number of allylic oxidation sites excluding steroid dienone is 13. The Balaban J connectivity index is 1.28.